The Morgan fingerprint density at radius 3 is 2.79 bits per heavy atom. The maximum Gasteiger partial charge on any atom is 0.266 e. The van der Waals surface area contributed by atoms with E-state index >= 15 is 0 Å². The molecule has 0 atom stereocenters. The summed E-state index contributed by atoms with van der Waals surface area (Å²) < 4.78 is 42.4. The molecule has 100 valence electrons. The second-order valence-corrected chi connectivity index (χ2v) is 3.40. The van der Waals surface area contributed by atoms with E-state index in [1.165, 1.54) is 6.07 Å². The predicted octanol–water partition coefficient (Wildman–Crippen LogP) is 2.39. The molecule has 1 heterocycles. The number of benzene rings is 1. The van der Waals surface area contributed by atoms with Crippen molar-refractivity contribution in [3.8, 4) is 0 Å². The lowest BCUT2D eigenvalue weighted by molar-refractivity contribution is 0.146. The quantitative estimate of drug-likeness (QED) is 0.388. The van der Waals surface area contributed by atoms with Gasteiger partial charge in [0.25, 0.3) is 6.43 Å². The van der Waals surface area contributed by atoms with Gasteiger partial charge in [0.05, 0.1) is 5.56 Å². The minimum atomic E-state index is -2.95. The van der Waals surface area contributed by atoms with Crippen LogP contribution in [0.3, 0.4) is 0 Å². The van der Waals surface area contributed by atoms with Crippen LogP contribution in [0.4, 0.5) is 18.9 Å². The number of nitrogens with zero attached hydrogens (tertiary/aromatic N) is 3. The highest BCUT2D eigenvalue weighted by molar-refractivity contribution is 6.06. The minimum Gasteiger partial charge on any atom is -0.409 e. The van der Waals surface area contributed by atoms with E-state index in [-0.39, 0.29) is 17.2 Å². The third-order valence-electron chi connectivity index (χ3n) is 2.20. The Bertz CT molecular complexity index is 586. The lowest BCUT2D eigenvalue weighted by Gasteiger charge is -2.08. The van der Waals surface area contributed by atoms with Gasteiger partial charge in [-0.25, -0.2) is 17.8 Å². The molecule has 0 amide bonds. The molecule has 19 heavy (non-hydrogen) atoms. The Morgan fingerprint density at radius 2 is 2.21 bits per heavy atom. The van der Waals surface area contributed by atoms with Crippen LogP contribution in [0.2, 0.25) is 0 Å². The molecular weight excluding hydrogens is 265 g/mol. The van der Waals surface area contributed by atoms with Gasteiger partial charge in [0.2, 0.25) is 5.84 Å². The molecule has 2 aromatic rings. The predicted molar refractivity (Wildman–Crippen MR) is 57.6 cm³/mol. The van der Waals surface area contributed by atoms with Crippen molar-refractivity contribution in [2.75, 3.05) is 5.32 Å². The molecule has 2 rings (SSSR count). The van der Waals surface area contributed by atoms with E-state index in [0.29, 0.717) is 0 Å². The molecule has 0 unspecified atom stereocenters. The van der Waals surface area contributed by atoms with E-state index in [0.717, 1.165) is 18.3 Å². The van der Waals surface area contributed by atoms with E-state index in [9.17, 15) is 13.2 Å². The number of amidine groups is 1. The van der Waals surface area contributed by atoms with Gasteiger partial charge in [-0.15, -0.1) is 0 Å². The molecule has 0 aliphatic heterocycles. The van der Waals surface area contributed by atoms with Crippen molar-refractivity contribution in [1.29, 1.82) is 0 Å². The van der Waals surface area contributed by atoms with Crippen molar-refractivity contribution in [1.82, 2.24) is 10.3 Å². The largest absolute Gasteiger partial charge is 0.409 e. The number of halogens is 3. The fourth-order valence-electron chi connectivity index (χ4n) is 1.33. The lowest BCUT2D eigenvalue weighted by atomic mass is 10.2. The van der Waals surface area contributed by atoms with E-state index in [2.05, 4.69) is 25.4 Å². The van der Waals surface area contributed by atoms with Gasteiger partial charge in [0.1, 0.15) is 12.0 Å². The van der Waals surface area contributed by atoms with Crippen molar-refractivity contribution >= 4 is 11.5 Å². The van der Waals surface area contributed by atoms with Crippen LogP contribution in [0.15, 0.2) is 34.2 Å². The van der Waals surface area contributed by atoms with E-state index < -0.39 is 17.8 Å². The van der Waals surface area contributed by atoms with Crippen LogP contribution in [0.5, 0.6) is 0 Å². The van der Waals surface area contributed by atoms with Crippen molar-refractivity contribution in [2.45, 2.75) is 6.43 Å². The second kappa shape index (κ2) is 5.38. The van der Waals surface area contributed by atoms with Crippen LogP contribution in [-0.4, -0.2) is 21.4 Å². The van der Waals surface area contributed by atoms with Crippen molar-refractivity contribution in [3.05, 3.63) is 41.5 Å². The molecule has 0 aliphatic rings. The monoisotopic (exact) mass is 272 g/mol. The van der Waals surface area contributed by atoms with Gasteiger partial charge >= 0.3 is 0 Å². The molecular formula is C10H7F3N4O2. The smallest absolute Gasteiger partial charge is 0.266 e. The molecule has 0 bridgehead atoms. The van der Waals surface area contributed by atoms with Crippen LogP contribution in [0, 0.1) is 5.82 Å². The molecule has 6 nitrogen and oxygen atoms in total. The van der Waals surface area contributed by atoms with Gasteiger partial charge in [-0.3, -0.25) is 0 Å². The fourth-order valence-corrected chi connectivity index (χ4v) is 1.33. The van der Waals surface area contributed by atoms with Crippen LogP contribution < -0.4 is 5.32 Å². The van der Waals surface area contributed by atoms with Crippen LogP contribution in [0.1, 0.15) is 17.7 Å². The number of alkyl halides is 2. The first-order chi connectivity index (χ1) is 9.11. The number of nitrogens with one attached hydrogen (secondary N) is 1. The first-order valence-electron chi connectivity index (χ1n) is 4.96. The molecule has 2 N–H and O–H groups in total. The van der Waals surface area contributed by atoms with E-state index in [4.69, 9.17) is 5.21 Å². The molecule has 0 saturated heterocycles. The van der Waals surface area contributed by atoms with Crippen molar-refractivity contribution in [2.24, 2.45) is 5.16 Å². The normalized spacial score (nSPS) is 11.9. The summed E-state index contributed by atoms with van der Waals surface area (Å²) in [4.78, 5) is 0. The average molecular weight is 272 g/mol. The van der Waals surface area contributed by atoms with Crippen molar-refractivity contribution in [3.63, 3.8) is 0 Å². The van der Waals surface area contributed by atoms with Crippen LogP contribution in [-0.2, 0) is 0 Å². The highest BCUT2D eigenvalue weighted by Gasteiger charge is 2.15. The fraction of sp³-hybridized carbons (Fsp3) is 0.100. The lowest BCUT2D eigenvalue weighted by Crippen LogP contribution is -2.14. The Kier molecular flexibility index (Phi) is 3.64. The molecule has 0 saturated carbocycles. The zero-order valence-electron chi connectivity index (χ0n) is 9.22. The molecule has 1 aromatic carbocycles. The second-order valence-electron chi connectivity index (χ2n) is 3.40. The number of oxime groups is 1. The molecule has 9 heteroatoms. The van der Waals surface area contributed by atoms with Crippen LogP contribution >= 0.6 is 0 Å². The highest BCUT2D eigenvalue weighted by Crippen LogP contribution is 2.25. The summed E-state index contributed by atoms with van der Waals surface area (Å²) in [5.41, 5.74) is -0.599. The highest BCUT2D eigenvalue weighted by atomic mass is 19.3. The summed E-state index contributed by atoms with van der Waals surface area (Å²) in [5, 5.41) is 20.9. The Hall–Kier alpha value is -2.58. The summed E-state index contributed by atoms with van der Waals surface area (Å²) in [7, 11) is 0. The average Bonchev–Trinajstić information content (AvgIpc) is 2.91. The SMILES string of the molecule is ON=C(Nc1ccc(F)c(C(F)F)c1)c1cnon1. The standard InChI is InChI=1S/C10H7F3N4O2/c11-7-2-1-5(3-6(7)9(12)13)15-10(16-18)8-4-14-19-17-8/h1-4,9,18H,(H,15,16). The van der Waals surface area contributed by atoms with Gasteiger partial charge in [0.15, 0.2) is 5.69 Å². The number of rotatable bonds is 3. The van der Waals surface area contributed by atoms with Gasteiger partial charge < -0.3 is 10.5 Å². The zero-order valence-corrected chi connectivity index (χ0v) is 9.22. The van der Waals surface area contributed by atoms with Gasteiger partial charge in [-0.2, -0.15) is 0 Å². The van der Waals surface area contributed by atoms with E-state index in [1.54, 1.807) is 0 Å². The molecule has 0 spiro atoms. The van der Waals surface area contributed by atoms with Gasteiger partial charge in [-0.1, -0.05) is 10.3 Å². The van der Waals surface area contributed by atoms with Crippen molar-refractivity contribution < 1.29 is 23.0 Å². The Labute approximate surface area is 104 Å². The topological polar surface area (TPSA) is 83.5 Å². The maximum atomic E-state index is 13.1. The summed E-state index contributed by atoms with van der Waals surface area (Å²) in [6, 6.07) is 2.98. The summed E-state index contributed by atoms with van der Waals surface area (Å²) in [6.45, 7) is 0. The summed E-state index contributed by atoms with van der Waals surface area (Å²) in [6.07, 6.45) is -1.80. The molecule has 1 aromatic heterocycles. The number of hydrogen-bond donors (Lipinski definition) is 2. The number of anilines is 1. The third kappa shape index (κ3) is 2.81. The zero-order chi connectivity index (χ0) is 13.8. The third-order valence-corrected chi connectivity index (χ3v) is 2.20. The van der Waals surface area contributed by atoms with E-state index in [1.807, 2.05) is 0 Å². The first kappa shape index (κ1) is 12.9. The Balaban J connectivity index is 2.26. The minimum absolute atomic E-state index is 0.0606. The number of hydrogen-bond acceptors (Lipinski definition) is 5. The maximum absolute atomic E-state index is 13.1. The first-order valence-corrected chi connectivity index (χ1v) is 4.96. The molecule has 0 aliphatic carbocycles. The van der Waals surface area contributed by atoms with Gasteiger partial charge in [0, 0.05) is 5.69 Å². The molecule has 0 fully saturated rings. The molecule has 0 radical (unpaired) electrons. The number of aromatic nitrogens is 2. The Morgan fingerprint density at radius 1 is 1.42 bits per heavy atom. The van der Waals surface area contributed by atoms with Gasteiger partial charge in [-0.05, 0) is 23.4 Å². The van der Waals surface area contributed by atoms with Crippen LogP contribution in [0.25, 0.3) is 0 Å². The summed E-state index contributed by atoms with van der Waals surface area (Å²) in [5.74, 6) is -1.20. The summed E-state index contributed by atoms with van der Waals surface area (Å²) >= 11 is 0.